The summed E-state index contributed by atoms with van der Waals surface area (Å²) < 4.78 is 67.5. The van der Waals surface area contributed by atoms with Gasteiger partial charge in [-0.3, -0.25) is 0 Å². The lowest BCUT2D eigenvalue weighted by atomic mass is 9.30. The van der Waals surface area contributed by atoms with Crippen molar-refractivity contribution in [3.8, 4) is 5.75 Å². The van der Waals surface area contributed by atoms with Crippen LogP contribution in [0.15, 0.2) is 48.8 Å². The summed E-state index contributed by atoms with van der Waals surface area (Å²) in [6, 6.07) is 9.40. The molecule has 3 saturated carbocycles. The molecule has 0 amide bonds. The number of alkyl halides is 2. The van der Waals surface area contributed by atoms with Gasteiger partial charge in [-0.2, -0.15) is 0 Å². The quantitative estimate of drug-likeness (QED) is 0.393. The second-order valence-corrected chi connectivity index (χ2v) is 11.3. The molecule has 2 N–H and O–H groups in total. The molecule has 0 saturated heterocycles. The lowest BCUT2D eigenvalue weighted by Crippen LogP contribution is -2.76. The first kappa shape index (κ1) is 25.6. The van der Waals surface area contributed by atoms with Gasteiger partial charge in [0.05, 0.1) is 19.8 Å². The number of aliphatic hydroxyl groups excluding tert-OH is 1. The molecular formula is C26H28F4N4O3. The second kappa shape index (κ2) is 8.49. The van der Waals surface area contributed by atoms with Crippen molar-refractivity contribution in [2.75, 3.05) is 13.2 Å². The summed E-state index contributed by atoms with van der Waals surface area (Å²) in [5.74, 6) is -5.37. The molecule has 0 aliphatic heterocycles. The summed E-state index contributed by atoms with van der Waals surface area (Å²) in [5.41, 5.74) is -5.26. The zero-order valence-electron chi connectivity index (χ0n) is 20.5. The van der Waals surface area contributed by atoms with E-state index in [4.69, 9.17) is 4.74 Å². The van der Waals surface area contributed by atoms with E-state index in [0.29, 0.717) is 18.4 Å². The third-order valence-corrected chi connectivity index (χ3v) is 7.90. The van der Waals surface area contributed by atoms with E-state index in [1.54, 1.807) is 12.1 Å². The number of ether oxygens (including phenoxy) is 1. The zero-order chi connectivity index (χ0) is 26.7. The van der Waals surface area contributed by atoms with Crippen molar-refractivity contribution in [1.29, 1.82) is 0 Å². The first-order valence-electron chi connectivity index (χ1n) is 12.0. The number of aromatic nitrogens is 4. The summed E-state index contributed by atoms with van der Waals surface area (Å²) in [6.45, 7) is 3.25. The van der Waals surface area contributed by atoms with Crippen molar-refractivity contribution in [1.82, 2.24) is 20.2 Å². The summed E-state index contributed by atoms with van der Waals surface area (Å²) in [4.78, 5) is 0. The maximum absolute atomic E-state index is 16.3. The van der Waals surface area contributed by atoms with Gasteiger partial charge in [0.15, 0.2) is 5.60 Å². The van der Waals surface area contributed by atoms with Crippen LogP contribution in [0.2, 0.25) is 0 Å². The van der Waals surface area contributed by atoms with E-state index in [-0.39, 0.29) is 25.9 Å². The Morgan fingerprint density at radius 1 is 1.05 bits per heavy atom. The molecule has 2 aromatic carbocycles. The van der Waals surface area contributed by atoms with Gasteiger partial charge >= 0.3 is 0 Å². The molecule has 0 unspecified atom stereocenters. The zero-order valence-corrected chi connectivity index (χ0v) is 20.5. The predicted octanol–water partition coefficient (Wildman–Crippen LogP) is 3.99. The molecule has 0 spiro atoms. The standard InChI is InChI=1S/C26H28F4N4O3/c1-22(2,14-35)15-37-19-6-3-17(4-7-19)23-10-24(11-23,12-23)26(29,30)25(36,13-34-16-31-32-33-34)20-8-5-18(27)9-21(20)28/h3-9,16,35-36H,10-15H2,1-2H3/t23?,24?,25-/m1/s1. The first-order chi connectivity index (χ1) is 17.4. The molecular weight excluding hydrogens is 492 g/mol. The molecule has 1 heterocycles. The fraction of sp³-hybridized carbons (Fsp3) is 0.500. The molecule has 3 aromatic rings. The average molecular weight is 521 g/mol. The fourth-order valence-electron chi connectivity index (χ4n) is 5.76. The first-order valence-corrected chi connectivity index (χ1v) is 12.0. The monoisotopic (exact) mass is 520 g/mol. The van der Waals surface area contributed by atoms with Crippen LogP contribution in [0.25, 0.3) is 0 Å². The molecule has 0 radical (unpaired) electrons. The van der Waals surface area contributed by atoms with Crippen molar-refractivity contribution in [2.45, 2.75) is 56.6 Å². The van der Waals surface area contributed by atoms with Gasteiger partial charge in [0, 0.05) is 22.5 Å². The number of aliphatic hydroxyl groups is 2. The van der Waals surface area contributed by atoms with Crippen LogP contribution in [0.4, 0.5) is 17.6 Å². The largest absolute Gasteiger partial charge is 0.493 e. The van der Waals surface area contributed by atoms with Crippen LogP contribution in [-0.2, 0) is 17.6 Å². The fourth-order valence-corrected chi connectivity index (χ4v) is 5.76. The third kappa shape index (κ3) is 3.99. The van der Waals surface area contributed by atoms with Crippen molar-refractivity contribution in [2.24, 2.45) is 10.8 Å². The number of hydrogen-bond acceptors (Lipinski definition) is 6. The minimum atomic E-state index is -3.77. The third-order valence-electron chi connectivity index (χ3n) is 7.90. The van der Waals surface area contributed by atoms with E-state index in [1.807, 2.05) is 26.0 Å². The molecule has 2 bridgehead atoms. The van der Waals surface area contributed by atoms with E-state index in [2.05, 4.69) is 15.5 Å². The van der Waals surface area contributed by atoms with Crippen LogP contribution in [0.5, 0.6) is 5.75 Å². The highest BCUT2D eigenvalue weighted by atomic mass is 19.3. The van der Waals surface area contributed by atoms with Gasteiger partial charge < -0.3 is 14.9 Å². The Morgan fingerprint density at radius 3 is 2.30 bits per heavy atom. The molecule has 11 heteroatoms. The number of nitrogens with zero attached hydrogens (tertiary/aromatic N) is 4. The number of rotatable bonds is 10. The molecule has 198 valence electrons. The van der Waals surface area contributed by atoms with E-state index < -0.39 is 51.5 Å². The molecule has 1 atom stereocenters. The van der Waals surface area contributed by atoms with E-state index >= 15 is 8.78 Å². The molecule has 3 fully saturated rings. The number of halogens is 4. The van der Waals surface area contributed by atoms with Crippen LogP contribution < -0.4 is 4.74 Å². The SMILES string of the molecule is CC(C)(CO)COc1ccc(C23CC(C(F)(F)[C@@](O)(Cn4cnnn4)c4ccc(F)cc4F)(C2)C3)cc1. The summed E-state index contributed by atoms with van der Waals surface area (Å²) in [6.07, 6.45) is 1.36. The second-order valence-electron chi connectivity index (χ2n) is 11.3. The molecule has 37 heavy (non-hydrogen) atoms. The van der Waals surface area contributed by atoms with Crippen LogP contribution in [0.3, 0.4) is 0 Å². The predicted molar refractivity (Wildman–Crippen MR) is 124 cm³/mol. The lowest BCUT2D eigenvalue weighted by Gasteiger charge is -2.74. The maximum Gasteiger partial charge on any atom is 0.287 e. The summed E-state index contributed by atoms with van der Waals surface area (Å²) >= 11 is 0. The van der Waals surface area contributed by atoms with Gasteiger partial charge in [0.25, 0.3) is 5.92 Å². The Labute approximate surface area is 211 Å². The van der Waals surface area contributed by atoms with E-state index in [1.165, 1.54) is 0 Å². The van der Waals surface area contributed by atoms with Gasteiger partial charge in [0.2, 0.25) is 0 Å². The Kier molecular flexibility index (Phi) is 5.87. The van der Waals surface area contributed by atoms with Crippen molar-refractivity contribution >= 4 is 0 Å². The highest BCUT2D eigenvalue weighted by Gasteiger charge is 2.82. The molecule has 1 aromatic heterocycles. The molecule has 3 aliphatic carbocycles. The van der Waals surface area contributed by atoms with Crippen LogP contribution >= 0.6 is 0 Å². The molecule has 7 nitrogen and oxygen atoms in total. The Morgan fingerprint density at radius 2 is 1.73 bits per heavy atom. The van der Waals surface area contributed by atoms with Crippen molar-refractivity contribution in [3.63, 3.8) is 0 Å². The molecule has 3 aliphatic rings. The van der Waals surface area contributed by atoms with Crippen LogP contribution in [0, 0.1) is 22.5 Å². The van der Waals surface area contributed by atoms with E-state index in [0.717, 1.165) is 28.7 Å². The van der Waals surface area contributed by atoms with Gasteiger partial charge in [-0.05, 0) is 64.9 Å². The summed E-state index contributed by atoms with van der Waals surface area (Å²) in [5, 5.41) is 31.2. The van der Waals surface area contributed by atoms with Gasteiger partial charge in [-0.25, -0.2) is 22.2 Å². The summed E-state index contributed by atoms with van der Waals surface area (Å²) in [7, 11) is 0. The van der Waals surface area contributed by atoms with Crippen LogP contribution in [-0.4, -0.2) is 49.6 Å². The van der Waals surface area contributed by atoms with Gasteiger partial charge in [-0.1, -0.05) is 26.0 Å². The van der Waals surface area contributed by atoms with Crippen molar-refractivity contribution in [3.05, 3.63) is 71.6 Å². The maximum atomic E-state index is 16.3. The number of hydrogen-bond donors (Lipinski definition) is 2. The Bertz CT molecular complexity index is 1260. The Hall–Kier alpha value is -3.05. The smallest absolute Gasteiger partial charge is 0.287 e. The van der Waals surface area contributed by atoms with Gasteiger partial charge in [-0.15, -0.1) is 5.10 Å². The highest BCUT2D eigenvalue weighted by Crippen LogP contribution is 2.80. The molecule has 6 rings (SSSR count). The minimum Gasteiger partial charge on any atom is -0.493 e. The number of benzene rings is 2. The lowest BCUT2D eigenvalue weighted by molar-refractivity contribution is -0.347. The average Bonchev–Trinajstić information content (AvgIpc) is 3.29. The van der Waals surface area contributed by atoms with Crippen LogP contribution in [0.1, 0.15) is 44.2 Å². The minimum absolute atomic E-state index is 0.0217. The normalized spacial score (nSPS) is 24.6. The topological polar surface area (TPSA) is 93.3 Å². The number of tetrazole rings is 1. The van der Waals surface area contributed by atoms with Gasteiger partial charge in [0.1, 0.15) is 23.7 Å². The highest BCUT2D eigenvalue weighted by molar-refractivity contribution is 5.44. The van der Waals surface area contributed by atoms with E-state index in [9.17, 15) is 19.0 Å². The van der Waals surface area contributed by atoms with Crippen molar-refractivity contribution < 1.29 is 32.5 Å². The Balaban J connectivity index is 1.37.